The van der Waals surface area contributed by atoms with Crippen molar-refractivity contribution in [3.8, 4) is 0 Å². The van der Waals surface area contributed by atoms with Crippen LogP contribution in [0.4, 0.5) is 0 Å². The Morgan fingerprint density at radius 1 is 1.20 bits per heavy atom. The van der Waals surface area contributed by atoms with E-state index in [-0.39, 0.29) is 18.4 Å². The van der Waals surface area contributed by atoms with Gasteiger partial charge in [-0.05, 0) is 20.3 Å². The summed E-state index contributed by atoms with van der Waals surface area (Å²) >= 11 is 0. The normalized spacial score (nSPS) is 21.6. The largest absolute Gasteiger partial charge is 0.389 e. The van der Waals surface area contributed by atoms with Crippen LogP contribution in [-0.4, -0.2) is 83.0 Å². The second kappa shape index (κ2) is 6.10. The molecule has 0 atom stereocenters. The van der Waals surface area contributed by atoms with Gasteiger partial charge in [0.25, 0.3) is 0 Å². The van der Waals surface area contributed by atoms with Crippen LogP contribution < -0.4 is 0 Å². The highest BCUT2D eigenvalue weighted by Gasteiger charge is 2.28. The first kappa shape index (κ1) is 15.3. The van der Waals surface area contributed by atoms with Crippen LogP contribution in [-0.2, 0) is 9.59 Å². The predicted molar refractivity (Wildman–Crippen MR) is 75.1 cm³/mol. The number of amides is 2. The third-order valence-electron chi connectivity index (χ3n) is 3.83. The molecule has 0 aromatic rings. The van der Waals surface area contributed by atoms with Crippen LogP contribution in [0.15, 0.2) is 0 Å². The number of aliphatic hydroxyl groups is 1. The van der Waals surface area contributed by atoms with E-state index in [0.29, 0.717) is 32.6 Å². The lowest BCUT2D eigenvalue weighted by atomic mass is 10.1. The number of nitrogens with zero attached hydrogens (tertiary/aromatic N) is 3. The lowest BCUT2D eigenvalue weighted by Crippen LogP contribution is -2.53. The fourth-order valence-corrected chi connectivity index (χ4v) is 2.84. The van der Waals surface area contributed by atoms with E-state index in [4.69, 9.17) is 0 Å². The molecule has 20 heavy (non-hydrogen) atoms. The molecule has 0 aromatic carbocycles. The van der Waals surface area contributed by atoms with E-state index in [9.17, 15) is 14.7 Å². The summed E-state index contributed by atoms with van der Waals surface area (Å²) in [6, 6.07) is 0. The van der Waals surface area contributed by atoms with Gasteiger partial charge in [-0.3, -0.25) is 14.5 Å². The third-order valence-corrected chi connectivity index (χ3v) is 3.83. The molecule has 2 heterocycles. The number of carbonyl (C=O) groups is 2. The van der Waals surface area contributed by atoms with Crippen molar-refractivity contribution in [2.24, 2.45) is 0 Å². The van der Waals surface area contributed by atoms with Crippen molar-refractivity contribution < 1.29 is 14.7 Å². The summed E-state index contributed by atoms with van der Waals surface area (Å²) in [5, 5.41) is 9.80. The quantitative estimate of drug-likeness (QED) is 0.757. The molecule has 6 nitrogen and oxygen atoms in total. The number of piperazine rings is 1. The zero-order valence-corrected chi connectivity index (χ0v) is 12.5. The van der Waals surface area contributed by atoms with Crippen molar-refractivity contribution in [3.63, 3.8) is 0 Å². The first-order valence-electron chi connectivity index (χ1n) is 7.35. The van der Waals surface area contributed by atoms with E-state index in [2.05, 4.69) is 4.90 Å². The lowest BCUT2D eigenvalue weighted by molar-refractivity contribution is -0.139. The van der Waals surface area contributed by atoms with Crippen LogP contribution in [0.5, 0.6) is 0 Å². The van der Waals surface area contributed by atoms with Crippen molar-refractivity contribution in [1.82, 2.24) is 14.7 Å². The third kappa shape index (κ3) is 4.18. The molecule has 0 unspecified atom stereocenters. The molecule has 2 fully saturated rings. The van der Waals surface area contributed by atoms with Gasteiger partial charge in [0, 0.05) is 45.7 Å². The van der Waals surface area contributed by atoms with E-state index in [1.165, 1.54) is 0 Å². The SMILES string of the molecule is CC(C)(O)CN1CCN(C(=O)CN2CCCC2=O)CC1. The first-order valence-corrected chi connectivity index (χ1v) is 7.35. The molecule has 6 heteroatoms. The summed E-state index contributed by atoms with van der Waals surface area (Å²) < 4.78 is 0. The molecule has 0 bridgehead atoms. The van der Waals surface area contributed by atoms with Crippen LogP contribution in [0.25, 0.3) is 0 Å². The van der Waals surface area contributed by atoms with E-state index in [1.807, 2.05) is 4.90 Å². The molecule has 2 aliphatic rings. The summed E-state index contributed by atoms with van der Waals surface area (Å²) in [7, 11) is 0. The monoisotopic (exact) mass is 283 g/mol. The van der Waals surface area contributed by atoms with Crippen molar-refractivity contribution >= 4 is 11.8 Å². The van der Waals surface area contributed by atoms with E-state index >= 15 is 0 Å². The second-order valence-electron chi connectivity index (χ2n) is 6.39. The Balaban J connectivity index is 1.75. The Labute approximate surface area is 120 Å². The van der Waals surface area contributed by atoms with Crippen LogP contribution in [0.1, 0.15) is 26.7 Å². The van der Waals surface area contributed by atoms with Gasteiger partial charge in [-0.25, -0.2) is 0 Å². The Morgan fingerprint density at radius 2 is 1.85 bits per heavy atom. The molecular formula is C14H25N3O3. The van der Waals surface area contributed by atoms with Gasteiger partial charge in [0.15, 0.2) is 0 Å². The Kier molecular flexibility index (Phi) is 4.65. The van der Waals surface area contributed by atoms with Gasteiger partial charge in [0.05, 0.1) is 12.1 Å². The molecule has 114 valence electrons. The molecule has 0 radical (unpaired) electrons. The van der Waals surface area contributed by atoms with Crippen LogP contribution in [0, 0.1) is 0 Å². The smallest absolute Gasteiger partial charge is 0.242 e. The van der Waals surface area contributed by atoms with Crippen LogP contribution in [0.3, 0.4) is 0 Å². The van der Waals surface area contributed by atoms with Crippen molar-refractivity contribution in [3.05, 3.63) is 0 Å². The fourth-order valence-electron chi connectivity index (χ4n) is 2.84. The van der Waals surface area contributed by atoms with E-state index in [0.717, 1.165) is 19.5 Å². The highest BCUT2D eigenvalue weighted by Crippen LogP contribution is 2.12. The van der Waals surface area contributed by atoms with Gasteiger partial charge in [0.2, 0.25) is 11.8 Å². The molecule has 2 rings (SSSR count). The summed E-state index contributed by atoms with van der Waals surface area (Å²) in [6.07, 6.45) is 1.44. The molecule has 0 aliphatic carbocycles. The summed E-state index contributed by atoms with van der Waals surface area (Å²) in [5.41, 5.74) is -0.700. The van der Waals surface area contributed by atoms with Crippen molar-refractivity contribution in [2.45, 2.75) is 32.3 Å². The highest BCUT2D eigenvalue weighted by molar-refractivity contribution is 5.85. The average Bonchev–Trinajstić information content (AvgIpc) is 2.74. The molecule has 0 saturated carbocycles. The fraction of sp³-hybridized carbons (Fsp3) is 0.857. The number of β-amino-alcohol motifs (C(OH)–C–C–N with tert-alkyl or cyclic N) is 1. The standard InChI is InChI=1S/C14H25N3O3/c1-14(2,20)11-15-6-8-16(9-7-15)13(19)10-17-5-3-4-12(17)18/h20H,3-11H2,1-2H3. The molecule has 2 saturated heterocycles. The lowest BCUT2D eigenvalue weighted by Gasteiger charge is -2.37. The van der Waals surface area contributed by atoms with Gasteiger partial charge in [-0.2, -0.15) is 0 Å². The van der Waals surface area contributed by atoms with Crippen LogP contribution >= 0.6 is 0 Å². The van der Waals surface area contributed by atoms with Crippen LogP contribution in [0.2, 0.25) is 0 Å². The molecule has 2 aliphatic heterocycles. The maximum absolute atomic E-state index is 12.2. The van der Waals surface area contributed by atoms with Gasteiger partial charge >= 0.3 is 0 Å². The second-order valence-corrected chi connectivity index (χ2v) is 6.39. The van der Waals surface area contributed by atoms with Crippen molar-refractivity contribution in [2.75, 3.05) is 45.8 Å². The zero-order chi connectivity index (χ0) is 14.8. The first-order chi connectivity index (χ1) is 9.35. The highest BCUT2D eigenvalue weighted by atomic mass is 16.3. The molecule has 0 aromatic heterocycles. The Hall–Kier alpha value is -1.14. The topological polar surface area (TPSA) is 64.1 Å². The average molecular weight is 283 g/mol. The summed E-state index contributed by atoms with van der Waals surface area (Å²) in [4.78, 5) is 29.3. The van der Waals surface area contributed by atoms with Gasteiger partial charge in [-0.1, -0.05) is 0 Å². The zero-order valence-electron chi connectivity index (χ0n) is 12.5. The Morgan fingerprint density at radius 3 is 2.35 bits per heavy atom. The number of hydrogen-bond donors (Lipinski definition) is 1. The molecule has 2 amide bonds. The van der Waals surface area contributed by atoms with Crippen molar-refractivity contribution in [1.29, 1.82) is 0 Å². The number of rotatable bonds is 4. The minimum Gasteiger partial charge on any atom is -0.389 e. The van der Waals surface area contributed by atoms with E-state index < -0.39 is 5.60 Å². The van der Waals surface area contributed by atoms with Gasteiger partial charge < -0.3 is 14.9 Å². The van der Waals surface area contributed by atoms with E-state index in [1.54, 1.807) is 18.7 Å². The molecular weight excluding hydrogens is 258 g/mol. The molecule has 1 N–H and O–H groups in total. The number of hydrogen-bond acceptors (Lipinski definition) is 4. The summed E-state index contributed by atoms with van der Waals surface area (Å²) in [5.74, 6) is 0.141. The van der Waals surface area contributed by atoms with Gasteiger partial charge in [0.1, 0.15) is 0 Å². The number of carbonyl (C=O) groups excluding carboxylic acids is 2. The minimum atomic E-state index is -0.700. The Bertz CT molecular complexity index is 370. The molecule has 0 spiro atoms. The summed E-state index contributed by atoms with van der Waals surface area (Å²) in [6.45, 7) is 8.07. The minimum absolute atomic E-state index is 0.0446. The maximum Gasteiger partial charge on any atom is 0.242 e. The maximum atomic E-state index is 12.2. The van der Waals surface area contributed by atoms with Gasteiger partial charge in [-0.15, -0.1) is 0 Å². The number of likely N-dealkylation sites (tertiary alicyclic amines) is 1. The predicted octanol–water partition coefficient (Wildman–Crippen LogP) is -0.476.